The molecule has 0 radical (unpaired) electrons. The monoisotopic (exact) mass is 252 g/mol. The Balaban J connectivity index is 4.44. The van der Waals surface area contributed by atoms with Crippen LogP contribution in [0.5, 0.6) is 0 Å². The maximum atomic E-state index is 12.1. The molecule has 1 N–H and O–H groups in total. The molecule has 1 atom stereocenters. The van der Waals surface area contributed by atoms with Crippen LogP contribution < -0.4 is 0 Å². The van der Waals surface area contributed by atoms with Crippen molar-refractivity contribution >= 4 is 12.0 Å². The van der Waals surface area contributed by atoms with E-state index in [-0.39, 0.29) is 13.1 Å². The molecule has 17 heavy (non-hydrogen) atoms. The van der Waals surface area contributed by atoms with Crippen molar-refractivity contribution in [1.29, 1.82) is 0 Å². The van der Waals surface area contributed by atoms with Crippen LogP contribution in [0.4, 0.5) is 13.6 Å². The number of aliphatic carboxylic acids is 1. The van der Waals surface area contributed by atoms with Crippen LogP contribution in [0.3, 0.4) is 0 Å². The number of hydrogen-bond donors (Lipinski definition) is 1. The highest BCUT2D eigenvalue weighted by Crippen LogP contribution is 2.05. The highest BCUT2D eigenvalue weighted by atomic mass is 19.3. The van der Waals surface area contributed by atoms with Crippen LogP contribution in [0.15, 0.2) is 0 Å². The maximum absolute atomic E-state index is 12.1. The molecule has 0 aliphatic rings. The number of urea groups is 1. The summed E-state index contributed by atoms with van der Waals surface area (Å²) in [6.45, 7) is 2.77. The molecule has 0 aromatic rings. The van der Waals surface area contributed by atoms with E-state index in [0.29, 0.717) is 0 Å². The number of rotatable bonds is 6. The number of carbonyl (C=O) groups is 2. The number of amides is 2. The lowest BCUT2D eigenvalue weighted by Gasteiger charge is -2.28. The molecule has 0 rings (SSSR count). The first kappa shape index (κ1) is 15.6. The third-order valence-corrected chi connectivity index (χ3v) is 2.31. The summed E-state index contributed by atoms with van der Waals surface area (Å²) in [5.74, 6) is -1.74. The Morgan fingerprint density at radius 1 is 1.29 bits per heavy atom. The molecule has 0 aromatic carbocycles. The van der Waals surface area contributed by atoms with Crippen molar-refractivity contribution < 1.29 is 23.5 Å². The lowest BCUT2D eigenvalue weighted by Crippen LogP contribution is -2.45. The minimum absolute atomic E-state index is 0.0121. The number of carboxylic acids is 1. The van der Waals surface area contributed by atoms with E-state index in [1.165, 1.54) is 18.9 Å². The van der Waals surface area contributed by atoms with Gasteiger partial charge in [-0.25, -0.2) is 13.6 Å². The van der Waals surface area contributed by atoms with E-state index in [2.05, 4.69) is 0 Å². The fraction of sp³-hybridized carbons (Fsp3) is 0.800. The van der Waals surface area contributed by atoms with E-state index in [9.17, 15) is 18.4 Å². The Morgan fingerprint density at radius 3 is 2.18 bits per heavy atom. The topological polar surface area (TPSA) is 60.9 Å². The predicted octanol–water partition coefficient (Wildman–Crippen LogP) is 1.35. The summed E-state index contributed by atoms with van der Waals surface area (Å²) in [6.07, 6.45) is -2.60. The summed E-state index contributed by atoms with van der Waals surface area (Å²) >= 11 is 0. The van der Waals surface area contributed by atoms with Gasteiger partial charge in [-0.05, 0) is 6.92 Å². The van der Waals surface area contributed by atoms with Gasteiger partial charge in [0.25, 0.3) is 6.43 Å². The van der Waals surface area contributed by atoms with Gasteiger partial charge in [-0.15, -0.1) is 0 Å². The Hall–Kier alpha value is -1.40. The van der Waals surface area contributed by atoms with E-state index in [1.54, 1.807) is 6.92 Å². The summed E-state index contributed by atoms with van der Waals surface area (Å²) in [6, 6.07) is -0.582. The van der Waals surface area contributed by atoms with Crippen LogP contribution in [-0.2, 0) is 4.79 Å². The second-order valence-corrected chi connectivity index (χ2v) is 3.83. The van der Waals surface area contributed by atoms with Gasteiger partial charge in [-0.1, -0.05) is 6.92 Å². The molecule has 7 heteroatoms. The molecule has 2 amide bonds. The van der Waals surface area contributed by atoms with Crippen LogP contribution in [0.25, 0.3) is 0 Å². The number of alkyl halides is 2. The van der Waals surface area contributed by atoms with E-state index in [4.69, 9.17) is 5.11 Å². The average molecular weight is 252 g/mol. The number of hydrogen-bond acceptors (Lipinski definition) is 2. The van der Waals surface area contributed by atoms with Crippen LogP contribution in [0, 0.1) is 5.92 Å². The standard InChI is InChI=1S/C10H18F2N2O3/c1-4-14(5-7(2)9(15)16)10(17)13(3)6-8(11)12/h7-8H,4-6H2,1-3H3,(H,15,16). The van der Waals surface area contributed by atoms with Crippen molar-refractivity contribution in [1.82, 2.24) is 9.80 Å². The van der Waals surface area contributed by atoms with Crippen LogP contribution in [-0.4, -0.2) is 60.0 Å². The third kappa shape index (κ3) is 5.46. The Morgan fingerprint density at radius 2 is 1.82 bits per heavy atom. The zero-order chi connectivity index (χ0) is 13.6. The van der Waals surface area contributed by atoms with Gasteiger partial charge in [0.15, 0.2) is 0 Å². The minimum atomic E-state index is -2.60. The smallest absolute Gasteiger partial charge is 0.319 e. The molecule has 100 valence electrons. The van der Waals surface area contributed by atoms with Gasteiger partial charge >= 0.3 is 12.0 Å². The van der Waals surface area contributed by atoms with Gasteiger partial charge in [0, 0.05) is 20.1 Å². The van der Waals surface area contributed by atoms with Crippen molar-refractivity contribution in [2.75, 3.05) is 26.7 Å². The number of carbonyl (C=O) groups excluding carboxylic acids is 1. The van der Waals surface area contributed by atoms with Crippen molar-refractivity contribution in [3.05, 3.63) is 0 Å². The zero-order valence-corrected chi connectivity index (χ0v) is 10.2. The average Bonchev–Trinajstić information content (AvgIpc) is 2.23. The Kier molecular flexibility index (Phi) is 6.45. The Labute approximate surface area is 99.0 Å². The molecule has 0 aliphatic heterocycles. The van der Waals surface area contributed by atoms with E-state index < -0.39 is 30.9 Å². The maximum Gasteiger partial charge on any atom is 0.319 e. The fourth-order valence-electron chi connectivity index (χ4n) is 1.28. The summed E-state index contributed by atoms with van der Waals surface area (Å²) in [7, 11) is 1.27. The number of halogens is 2. The highest BCUT2D eigenvalue weighted by molar-refractivity contribution is 5.75. The van der Waals surface area contributed by atoms with Crippen LogP contribution >= 0.6 is 0 Å². The minimum Gasteiger partial charge on any atom is -0.481 e. The SMILES string of the molecule is CCN(CC(C)C(=O)O)C(=O)N(C)CC(F)F. The molecule has 0 fully saturated rings. The third-order valence-electron chi connectivity index (χ3n) is 2.31. The molecule has 0 spiro atoms. The first-order valence-electron chi connectivity index (χ1n) is 5.30. The van der Waals surface area contributed by atoms with E-state index >= 15 is 0 Å². The first-order chi connectivity index (χ1) is 7.79. The van der Waals surface area contributed by atoms with Gasteiger partial charge in [0.1, 0.15) is 0 Å². The molecular weight excluding hydrogens is 234 g/mol. The quantitative estimate of drug-likeness (QED) is 0.776. The van der Waals surface area contributed by atoms with Gasteiger partial charge < -0.3 is 14.9 Å². The molecule has 0 bridgehead atoms. The summed E-state index contributed by atoms with van der Waals surface area (Å²) in [5, 5.41) is 8.72. The second-order valence-electron chi connectivity index (χ2n) is 3.83. The first-order valence-corrected chi connectivity index (χ1v) is 5.30. The van der Waals surface area contributed by atoms with Gasteiger partial charge in [-0.3, -0.25) is 4.79 Å². The summed E-state index contributed by atoms with van der Waals surface area (Å²) in [5.41, 5.74) is 0. The second kappa shape index (κ2) is 7.03. The molecule has 0 aromatic heterocycles. The van der Waals surface area contributed by atoms with Crippen LogP contribution in [0.1, 0.15) is 13.8 Å². The molecule has 0 aliphatic carbocycles. The summed E-state index contributed by atoms with van der Waals surface area (Å²) in [4.78, 5) is 24.5. The zero-order valence-electron chi connectivity index (χ0n) is 10.2. The van der Waals surface area contributed by atoms with Crippen molar-refractivity contribution in [2.24, 2.45) is 5.92 Å². The van der Waals surface area contributed by atoms with Crippen molar-refractivity contribution in [2.45, 2.75) is 20.3 Å². The molecule has 0 heterocycles. The van der Waals surface area contributed by atoms with Crippen molar-refractivity contribution in [3.63, 3.8) is 0 Å². The van der Waals surface area contributed by atoms with E-state index in [0.717, 1.165) is 4.90 Å². The Bertz CT molecular complexity index is 274. The normalized spacial score (nSPS) is 12.4. The number of carboxylic acid groups (broad SMARTS) is 1. The lowest BCUT2D eigenvalue weighted by atomic mass is 10.2. The largest absolute Gasteiger partial charge is 0.481 e. The molecule has 5 nitrogen and oxygen atoms in total. The predicted molar refractivity (Wildman–Crippen MR) is 58.1 cm³/mol. The highest BCUT2D eigenvalue weighted by Gasteiger charge is 2.23. The summed E-state index contributed by atoms with van der Waals surface area (Å²) < 4.78 is 24.2. The lowest BCUT2D eigenvalue weighted by molar-refractivity contribution is -0.141. The molecule has 1 unspecified atom stereocenters. The van der Waals surface area contributed by atoms with Crippen LogP contribution in [0.2, 0.25) is 0 Å². The van der Waals surface area contributed by atoms with Gasteiger partial charge in [0.05, 0.1) is 12.5 Å². The molecular formula is C10H18F2N2O3. The van der Waals surface area contributed by atoms with E-state index in [1.807, 2.05) is 0 Å². The van der Waals surface area contributed by atoms with Crippen molar-refractivity contribution in [3.8, 4) is 0 Å². The number of nitrogens with zero attached hydrogens (tertiary/aromatic N) is 2. The molecule has 0 saturated heterocycles. The molecule has 0 saturated carbocycles. The fourth-order valence-corrected chi connectivity index (χ4v) is 1.28. The van der Waals surface area contributed by atoms with Gasteiger partial charge in [0.2, 0.25) is 0 Å². The van der Waals surface area contributed by atoms with Gasteiger partial charge in [-0.2, -0.15) is 0 Å².